The zero-order valence-corrected chi connectivity index (χ0v) is 9.79. The van der Waals surface area contributed by atoms with Crippen molar-refractivity contribution < 1.29 is 8.78 Å². The minimum atomic E-state index is -2.46. The van der Waals surface area contributed by atoms with E-state index in [2.05, 4.69) is 5.32 Å². The van der Waals surface area contributed by atoms with Crippen molar-refractivity contribution in [1.82, 2.24) is 5.32 Å². The molecule has 90 valence electrons. The number of hydrogen-bond acceptors (Lipinski definition) is 1. The van der Waals surface area contributed by atoms with Gasteiger partial charge in [0.05, 0.1) is 6.04 Å². The van der Waals surface area contributed by atoms with Gasteiger partial charge in [-0.3, -0.25) is 0 Å². The molecule has 1 aliphatic carbocycles. The number of rotatable bonds is 1. The predicted molar refractivity (Wildman–Crippen MR) is 59.8 cm³/mol. The van der Waals surface area contributed by atoms with Crippen LogP contribution in [-0.4, -0.2) is 18.5 Å². The number of piperidine rings is 1. The second-order valence-electron chi connectivity index (χ2n) is 4.69. The van der Waals surface area contributed by atoms with E-state index < -0.39 is 12.0 Å². The summed E-state index contributed by atoms with van der Waals surface area (Å²) in [7, 11) is 0. The fraction of sp³-hybridized carbons (Fsp3) is 1.00. The Morgan fingerprint density at radius 3 is 2.27 bits per heavy atom. The standard InChI is InChI=1S/C11H19F2N.ClH/c12-11(13)7-4-8-14-10(11)9-5-2-1-3-6-9;/h9-10,14H,1-8H2;1H. The van der Waals surface area contributed by atoms with Crippen LogP contribution in [0.15, 0.2) is 0 Å². The Balaban J connectivity index is 0.00000112. The maximum Gasteiger partial charge on any atom is 0.263 e. The van der Waals surface area contributed by atoms with Crippen molar-refractivity contribution in [2.75, 3.05) is 6.54 Å². The molecule has 1 saturated carbocycles. The summed E-state index contributed by atoms with van der Waals surface area (Å²) in [6.45, 7) is 0.775. The van der Waals surface area contributed by atoms with Crippen LogP contribution in [0.2, 0.25) is 0 Å². The lowest BCUT2D eigenvalue weighted by Gasteiger charge is -2.39. The van der Waals surface area contributed by atoms with Gasteiger partial charge in [-0.05, 0) is 31.7 Å². The number of halogens is 3. The smallest absolute Gasteiger partial charge is 0.263 e. The molecule has 1 atom stereocenters. The van der Waals surface area contributed by atoms with Crippen LogP contribution in [0.5, 0.6) is 0 Å². The largest absolute Gasteiger partial charge is 0.308 e. The molecule has 0 bridgehead atoms. The first-order valence-electron chi connectivity index (χ1n) is 5.81. The van der Waals surface area contributed by atoms with Gasteiger partial charge >= 0.3 is 0 Å². The van der Waals surface area contributed by atoms with Crippen molar-refractivity contribution in [3.05, 3.63) is 0 Å². The lowest BCUT2D eigenvalue weighted by molar-refractivity contribution is -0.0829. The Bertz CT molecular complexity index is 193. The van der Waals surface area contributed by atoms with Gasteiger partial charge in [0.25, 0.3) is 5.92 Å². The van der Waals surface area contributed by atoms with Gasteiger partial charge in [-0.25, -0.2) is 8.78 Å². The van der Waals surface area contributed by atoms with Crippen molar-refractivity contribution in [1.29, 1.82) is 0 Å². The molecule has 1 nitrogen and oxygen atoms in total. The summed E-state index contributed by atoms with van der Waals surface area (Å²) in [5.74, 6) is -2.24. The quantitative estimate of drug-likeness (QED) is 0.740. The van der Waals surface area contributed by atoms with Crippen molar-refractivity contribution in [2.24, 2.45) is 5.92 Å². The molecule has 0 amide bonds. The van der Waals surface area contributed by atoms with Crippen molar-refractivity contribution in [3.8, 4) is 0 Å². The molecule has 1 unspecified atom stereocenters. The molecule has 0 aromatic rings. The molecule has 1 saturated heterocycles. The van der Waals surface area contributed by atoms with Crippen LogP contribution >= 0.6 is 12.4 Å². The molecule has 0 radical (unpaired) electrons. The molecule has 2 rings (SSSR count). The van der Waals surface area contributed by atoms with Crippen LogP contribution in [0.25, 0.3) is 0 Å². The minimum Gasteiger partial charge on any atom is -0.308 e. The van der Waals surface area contributed by atoms with E-state index in [-0.39, 0.29) is 24.7 Å². The lowest BCUT2D eigenvalue weighted by Crippen LogP contribution is -2.54. The molecule has 0 spiro atoms. The molecule has 0 aromatic heterocycles. The van der Waals surface area contributed by atoms with E-state index >= 15 is 0 Å². The summed E-state index contributed by atoms with van der Waals surface area (Å²) in [5, 5.41) is 3.03. The average molecular weight is 240 g/mol. The van der Waals surface area contributed by atoms with E-state index in [1.54, 1.807) is 0 Å². The van der Waals surface area contributed by atoms with Crippen LogP contribution in [-0.2, 0) is 0 Å². The SMILES string of the molecule is Cl.FC1(F)CCCNC1C1CCCCC1. The van der Waals surface area contributed by atoms with Crippen LogP contribution in [0, 0.1) is 5.92 Å². The highest BCUT2D eigenvalue weighted by Crippen LogP contribution is 2.37. The van der Waals surface area contributed by atoms with Crippen molar-refractivity contribution in [2.45, 2.75) is 56.9 Å². The Morgan fingerprint density at radius 1 is 1.00 bits per heavy atom. The fourth-order valence-electron chi connectivity index (χ4n) is 2.87. The van der Waals surface area contributed by atoms with Gasteiger partial charge in [-0.1, -0.05) is 19.3 Å². The third kappa shape index (κ3) is 3.04. The van der Waals surface area contributed by atoms with Crippen LogP contribution < -0.4 is 5.32 Å². The molecule has 1 N–H and O–H groups in total. The summed E-state index contributed by atoms with van der Waals surface area (Å²) < 4.78 is 27.2. The molecule has 2 fully saturated rings. The summed E-state index contributed by atoms with van der Waals surface area (Å²) in [6.07, 6.45) is 6.20. The normalized spacial score (nSPS) is 32.0. The van der Waals surface area contributed by atoms with Gasteiger partial charge in [-0.15, -0.1) is 12.4 Å². The summed E-state index contributed by atoms with van der Waals surface area (Å²) in [5.41, 5.74) is 0. The molecule has 1 heterocycles. The molecule has 0 aromatic carbocycles. The van der Waals surface area contributed by atoms with E-state index in [4.69, 9.17) is 0 Å². The second kappa shape index (κ2) is 5.44. The minimum absolute atomic E-state index is 0. The third-order valence-corrected chi connectivity index (χ3v) is 3.63. The maximum absolute atomic E-state index is 13.6. The van der Waals surface area contributed by atoms with Gasteiger partial charge < -0.3 is 5.32 Å². The molecular weight excluding hydrogens is 220 g/mol. The summed E-state index contributed by atoms with van der Waals surface area (Å²) in [6, 6.07) is -0.531. The Morgan fingerprint density at radius 2 is 1.67 bits per heavy atom. The van der Waals surface area contributed by atoms with Gasteiger partial charge in [0, 0.05) is 6.42 Å². The molecule has 1 aliphatic heterocycles. The predicted octanol–water partition coefficient (Wildman–Crippen LogP) is 3.38. The zero-order chi connectivity index (χ0) is 10.0. The van der Waals surface area contributed by atoms with Crippen LogP contribution in [0.4, 0.5) is 8.78 Å². The summed E-state index contributed by atoms with van der Waals surface area (Å²) >= 11 is 0. The summed E-state index contributed by atoms with van der Waals surface area (Å²) in [4.78, 5) is 0. The van der Waals surface area contributed by atoms with Crippen molar-refractivity contribution in [3.63, 3.8) is 0 Å². The van der Waals surface area contributed by atoms with E-state index in [0.29, 0.717) is 6.42 Å². The van der Waals surface area contributed by atoms with Gasteiger partial charge in [0.1, 0.15) is 0 Å². The highest BCUT2D eigenvalue weighted by Gasteiger charge is 2.45. The second-order valence-corrected chi connectivity index (χ2v) is 4.69. The van der Waals surface area contributed by atoms with E-state index in [1.165, 1.54) is 6.42 Å². The molecule has 2 aliphatic rings. The topological polar surface area (TPSA) is 12.0 Å². The monoisotopic (exact) mass is 239 g/mol. The van der Waals surface area contributed by atoms with Gasteiger partial charge in [0.2, 0.25) is 0 Å². The first-order valence-corrected chi connectivity index (χ1v) is 5.81. The lowest BCUT2D eigenvalue weighted by atomic mass is 9.79. The van der Waals surface area contributed by atoms with Crippen molar-refractivity contribution >= 4 is 12.4 Å². The molecule has 4 heteroatoms. The number of alkyl halides is 2. The highest BCUT2D eigenvalue weighted by molar-refractivity contribution is 5.85. The van der Waals surface area contributed by atoms with E-state index in [9.17, 15) is 8.78 Å². The van der Waals surface area contributed by atoms with Gasteiger partial charge in [-0.2, -0.15) is 0 Å². The Hall–Kier alpha value is 0.110. The zero-order valence-electron chi connectivity index (χ0n) is 8.98. The first kappa shape index (κ1) is 13.2. The fourth-order valence-corrected chi connectivity index (χ4v) is 2.87. The number of hydrogen-bond donors (Lipinski definition) is 1. The van der Waals surface area contributed by atoms with Crippen LogP contribution in [0.1, 0.15) is 44.9 Å². The molecule has 15 heavy (non-hydrogen) atoms. The van der Waals surface area contributed by atoms with Crippen LogP contribution in [0.3, 0.4) is 0 Å². The Labute approximate surface area is 96.4 Å². The van der Waals surface area contributed by atoms with E-state index in [1.807, 2.05) is 0 Å². The van der Waals surface area contributed by atoms with E-state index in [0.717, 1.165) is 32.2 Å². The highest BCUT2D eigenvalue weighted by atomic mass is 35.5. The Kier molecular flexibility index (Phi) is 4.78. The molecular formula is C11H20ClF2N. The number of nitrogens with one attached hydrogen (secondary N) is 1. The average Bonchev–Trinajstić information content (AvgIpc) is 2.18. The maximum atomic E-state index is 13.6. The first-order chi connectivity index (χ1) is 6.70. The van der Waals surface area contributed by atoms with Gasteiger partial charge in [0.15, 0.2) is 0 Å². The third-order valence-electron chi connectivity index (χ3n) is 3.63.